The van der Waals surface area contributed by atoms with E-state index < -0.39 is 11.6 Å². The Balaban J connectivity index is 1.59. The number of hydrogen-bond acceptors (Lipinski definition) is 8. The van der Waals surface area contributed by atoms with Gasteiger partial charge in [-0.1, -0.05) is 24.2 Å². The molecule has 5 rings (SSSR count). The summed E-state index contributed by atoms with van der Waals surface area (Å²) in [5.74, 6) is -0.180. The molecule has 0 unspecified atom stereocenters. The topological polar surface area (TPSA) is 96.4 Å². The number of fused-ring (bicyclic) bond motifs is 1. The number of nitrogens with zero attached hydrogens (tertiary/aromatic N) is 6. The van der Waals surface area contributed by atoms with E-state index in [4.69, 9.17) is 21.3 Å². The van der Waals surface area contributed by atoms with Crippen LogP contribution in [0.2, 0.25) is 5.02 Å². The zero-order chi connectivity index (χ0) is 28.2. The fourth-order valence-electron chi connectivity index (χ4n) is 4.67. The maximum Gasteiger partial charge on any atom is 0.246 e. The van der Waals surface area contributed by atoms with Gasteiger partial charge in [0.25, 0.3) is 0 Å². The number of piperazine rings is 1. The van der Waals surface area contributed by atoms with Crippen molar-refractivity contribution in [2.45, 2.75) is 6.42 Å². The van der Waals surface area contributed by atoms with E-state index in [9.17, 15) is 9.18 Å². The van der Waals surface area contributed by atoms with E-state index in [0.29, 0.717) is 62.1 Å². The smallest absolute Gasteiger partial charge is 0.246 e. The Hall–Kier alpha value is -4.38. The molecule has 0 spiro atoms. The van der Waals surface area contributed by atoms with Crippen LogP contribution >= 0.6 is 11.6 Å². The summed E-state index contributed by atoms with van der Waals surface area (Å²) in [5.41, 5.74) is -0.224. The Morgan fingerprint density at radius 2 is 1.88 bits per heavy atom. The zero-order valence-corrected chi connectivity index (χ0v) is 22.5. The molecule has 1 amide bonds. The highest BCUT2D eigenvalue weighted by atomic mass is 35.5. The highest BCUT2D eigenvalue weighted by Crippen LogP contribution is 2.42. The quantitative estimate of drug-likeness (QED) is 0.312. The van der Waals surface area contributed by atoms with Crippen molar-refractivity contribution >= 4 is 40.2 Å². The number of carbonyl (C=O) groups excluding carboxylic acids is 1. The van der Waals surface area contributed by atoms with Crippen LogP contribution in [0.3, 0.4) is 0 Å². The van der Waals surface area contributed by atoms with E-state index in [-0.39, 0.29) is 33.3 Å². The molecular weight excluding hydrogens is 540 g/mol. The average Bonchev–Trinajstić information content (AvgIpc) is 2.98. The van der Waals surface area contributed by atoms with Crippen LogP contribution in [0.25, 0.3) is 22.0 Å². The second-order valence-electron chi connectivity index (χ2n) is 8.99. The molecule has 12 heteroatoms. The van der Waals surface area contributed by atoms with Gasteiger partial charge in [-0.3, -0.25) is 4.79 Å². The second kappa shape index (κ2) is 11.8. The first kappa shape index (κ1) is 27.2. The van der Waals surface area contributed by atoms with Crippen LogP contribution in [0.15, 0.2) is 55.4 Å². The van der Waals surface area contributed by atoms with E-state index in [1.165, 1.54) is 31.4 Å². The van der Waals surface area contributed by atoms with E-state index in [1.807, 2.05) is 4.90 Å². The van der Waals surface area contributed by atoms with Gasteiger partial charge < -0.3 is 19.9 Å². The molecule has 1 N–H and O–H groups in total. The fraction of sp³-hybridized carbons (Fsp3) is 0.250. The Labute approximate surface area is 234 Å². The minimum atomic E-state index is -0.782. The number of anilines is 2. The lowest BCUT2D eigenvalue weighted by Crippen LogP contribution is -2.48. The summed E-state index contributed by atoms with van der Waals surface area (Å²) < 4.78 is 36.6. The molecule has 1 saturated heterocycles. The van der Waals surface area contributed by atoms with Crippen molar-refractivity contribution in [2.75, 3.05) is 50.1 Å². The summed E-state index contributed by atoms with van der Waals surface area (Å²) in [5, 5.41) is 3.48. The summed E-state index contributed by atoms with van der Waals surface area (Å²) in [7, 11) is 1.38. The van der Waals surface area contributed by atoms with Crippen molar-refractivity contribution in [2.24, 2.45) is 0 Å². The van der Waals surface area contributed by atoms with Gasteiger partial charge in [0.15, 0.2) is 5.82 Å². The first-order valence-corrected chi connectivity index (χ1v) is 13.0. The van der Waals surface area contributed by atoms with Crippen LogP contribution in [0.5, 0.6) is 5.75 Å². The van der Waals surface area contributed by atoms with Crippen molar-refractivity contribution in [3.8, 4) is 16.9 Å². The summed E-state index contributed by atoms with van der Waals surface area (Å²) in [6.45, 7) is 5.75. The van der Waals surface area contributed by atoms with E-state index >= 15 is 4.39 Å². The maximum absolute atomic E-state index is 16.3. The first-order valence-electron chi connectivity index (χ1n) is 12.6. The first-order chi connectivity index (χ1) is 19.4. The molecule has 0 bridgehead atoms. The van der Waals surface area contributed by atoms with Gasteiger partial charge in [-0.2, -0.15) is 0 Å². The number of hydrogen-bond donors (Lipinski definition) is 1. The summed E-state index contributed by atoms with van der Waals surface area (Å²) in [4.78, 5) is 33.3. The van der Waals surface area contributed by atoms with Gasteiger partial charge in [-0.05, 0) is 30.3 Å². The van der Waals surface area contributed by atoms with Crippen molar-refractivity contribution in [1.82, 2.24) is 24.8 Å². The lowest BCUT2D eigenvalue weighted by atomic mass is 10.0. The van der Waals surface area contributed by atoms with Crippen molar-refractivity contribution in [1.29, 1.82) is 0 Å². The van der Waals surface area contributed by atoms with Crippen molar-refractivity contribution in [3.05, 3.63) is 77.9 Å². The maximum atomic E-state index is 16.3. The Kier molecular flexibility index (Phi) is 8.01. The summed E-state index contributed by atoms with van der Waals surface area (Å²) >= 11 is 6.61. The lowest BCUT2D eigenvalue weighted by molar-refractivity contribution is -0.126. The summed E-state index contributed by atoms with van der Waals surface area (Å²) in [6.07, 6.45) is 4.85. The standard InChI is InChI=1S/C28H26ClF2N7O2/c1-3-22(39)37-12-14-38(15-13-37)27-17-16-18(29)23(24-19(30)6-4-7-20(24)40-2)25(31)26(17)35-21(36-27)8-11-34-28-32-9-5-10-33-28/h3-7,9-10,16H,1,8,11-15H2,2H3,(H,32,33,34). The zero-order valence-electron chi connectivity index (χ0n) is 21.7. The number of methoxy groups -OCH3 is 1. The van der Waals surface area contributed by atoms with Gasteiger partial charge in [0, 0.05) is 62.5 Å². The number of rotatable bonds is 8. The van der Waals surface area contributed by atoms with Crippen LogP contribution < -0.4 is 15.0 Å². The molecule has 1 aliphatic heterocycles. The number of ether oxygens (including phenoxy) is 1. The number of amides is 1. The minimum Gasteiger partial charge on any atom is -0.496 e. The minimum absolute atomic E-state index is 0.00487. The molecule has 206 valence electrons. The molecule has 2 aromatic heterocycles. The van der Waals surface area contributed by atoms with Gasteiger partial charge in [0.2, 0.25) is 11.9 Å². The molecule has 3 heterocycles. The fourth-order valence-corrected chi connectivity index (χ4v) is 4.95. The SMILES string of the molecule is C=CC(=O)N1CCN(c2nc(CCNc3ncccn3)nc3c(F)c(-c4c(F)cccc4OC)c(Cl)cc23)CC1. The van der Waals surface area contributed by atoms with Crippen molar-refractivity contribution in [3.63, 3.8) is 0 Å². The van der Waals surface area contributed by atoms with Crippen LogP contribution in [-0.4, -0.2) is 70.6 Å². The van der Waals surface area contributed by atoms with Gasteiger partial charge in [-0.15, -0.1) is 0 Å². The lowest BCUT2D eigenvalue weighted by Gasteiger charge is -2.35. The van der Waals surface area contributed by atoms with Gasteiger partial charge in [0.05, 0.1) is 17.7 Å². The van der Waals surface area contributed by atoms with E-state index in [1.54, 1.807) is 29.4 Å². The largest absolute Gasteiger partial charge is 0.496 e. The van der Waals surface area contributed by atoms with Gasteiger partial charge in [-0.25, -0.2) is 28.7 Å². The van der Waals surface area contributed by atoms with Crippen LogP contribution in [0, 0.1) is 11.6 Å². The summed E-state index contributed by atoms with van der Waals surface area (Å²) in [6, 6.07) is 7.50. The third-order valence-corrected chi connectivity index (χ3v) is 6.92. The Morgan fingerprint density at radius 1 is 1.12 bits per heavy atom. The molecule has 0 radical (unpaired) electrons. The Morgan fingerprint density at radius 3 is 2.58 bits per heavy atom. The van der Waals surface area contributed by atoms with Crippen LogP contribution in [0.1, 0.15) is 5.82 Å². The third-order valence-electron chi connectivity index (χ3n) is 6.62. The van der Waals surface area contributed by atoms with Crippen LogP contribution in [0.4, 0.5) is 20.5 Å². The van der Waals surface area contributed by atoms with E-state index in [2.05, 4.69) is 26.8 Å². The highest BCUT2D eigenvalue weighted by Gasteiger charge is 2.27. The molecule has 1 fully saturated rings. The molecule has 9 nitrogen and oxygen atoms in total. The number of carbonyl (C=O) groups is 1. The third kappa shape index (κ3) is 5.37. The second-order valence-corrected chi connectivity index (χ2v) is 9.40. The molecule has 1 aliphatic rings. The number of aromatic nitrogens is 4. The van der Waals surface area contributed by atoms with Gasteiger partial charge >= 0.3 is 0 Å². The predicted molar refractivity (Wildman–Crippen MR) is 150 cm³/mol. The molecular formula is C28H26ClF2N7O2. The average molecular weight is 566 g/mol. The normalized spacial score (nSPS) is 13.4. The van der Waals surface area contributed by atoms with Crippen LogP contribution in [-0.2, 0) is 11.2 Å². The molecule has 4 aromatic rings. The molecule has 0 saturated carbocycles. The highest BCUT2D eigenvalue weighted by molar-refractivity contribution is 6.34. The van der Waals surface area contributed by atoms with Gasteiger partial charge in [0.1, 0.15) is 28.7 Å². The monoisotopic (exact) mass is 565 g/mol. The number of benzene rings is 2. The predicted octanol–water partition coefficient (Wildman–Crippen LogP) is 4.52. The Bertz CT molecular complexity index is 1560. The van der Waals surface area contributed by atoms with Crippen molar-refractivity contribution < 1.29 is 18.3 Å². The molecule has 0 aliphatic carbocycles. The number of nitrogens with one attached hydrogen (secondary N) is 1. The molecule has 0 atom stereocenters. The number of halogens is 3. The molecule has 2 aromatic carbocycles. The molecule has 40 heavy (non-hydrogen) atoms. The van der Waals surface area contributed by atoms with E-state index in [0.717, 1.165) is 0 Å².